The molecule has 0 bridgehead atoms. The van der Waals surface area contributed by atoms with Gasteiger partial charge >= 0.3 is 0 Å². The summed E-state index contributed by atoms with van der Waals surface area (Å²) < 4.78 is 0. The van der Waals surface area contributed by atoms with Crippen LogP contribution < -0.4 is 5.30 Å². The van der Waals surface area contributed by atoms with Gasteiger partial charge in [0.25, 0.3) is 0 Å². The summed E-state index contributed by atoms with van der Waals surface area (Å²) >= 11 is 0. The monoisotopic (exact) mass is 333 g/mol. The summed E-state index contributed by atoms with van der Waals surface area (Å²) in [6, 6.07) is 11.6. The average molecular weight is 334 g/mol. The van der Waals surface area contributed by atoms with E-state index < -0.39 is 0 Å². The van der Waals surface area contributed by atoms with Crippen LogP contribution >= 0.6 is 7.92 Å². The van der Waals surface area contributed by atoms with Crippen molar-refractivity contribution >= 4 is 13.2 Å². The Kier molecular flexibility index (Phi) is 7.06. The zero-order valence-corrected chi connectivity index (χ0v) is 14.4. The molecule has 2 aliphatic carbocycles. The van der Waals surface area contributed by atoms with E-state index in [-0.39, 0.29) is 24.4 Å². The maximum absolute atomic E-state index is 2.44. The SMILES string of the molecule is [Ni].c1ccc([PH+](C2CCCCC2)C2CCCCC2)cc1. The molecule has 0 radical (unpaired) electrons. The second-order valence-corrected chi connectivity index (χ2v) is 9.61. The first-order chi connectivity index (χ1) is 9.45. The molecule has 0 aliphatic heterocycles. The standard InChI is InChI=1S/C18H27P.Ni/c1-4-10-16(11-5-1)19(17-12-6-2-7-13-17)18-14-8-3-9-15-18;/h1,4-5,10-11,17-18H,2-3,6-9,12-15H2;/p+1. The van der Waals surface area contributed by atoms with E-state index in [9.17, 15) is 0 Å². The largest absolute Gasteiger partial charge is 0.0920 e. The fraction of sp³-hybridized carbons (Fsp3) is 0.667. The van der Waals surface area contributed by atoms with Crippen LogP contribution in [0.3, 0.4) is 0 Å². The van der Waals surface area contributed by atoms with Crippen molar-refractivity contribution in [2.24, 2.45) is 0 Å². The average Bonchev–Trinajstić information content (AvgIpc) is 2.51. The van der Waals surface area contributed by atoms with Crippen LogP contribution in [0.4, 0.5) is 0 Å². The summed E-state index contributed by atoms with van der Waals surface area (Å²) in [5.41, 5.74) is 2.15. The van der Waals surface area contributed by atoms with Crippen LogP contribution in [-0.2, 0) is 16.5 Å². The molecule has 3 rings (SSSR count). The second-order valence-electron chi connectivity index (χ2n) is 6.49. The van der Waals surface area contributed by atoms with Crippen LogP contribution in [-0.4, -0.2) is 11.3 Å². The van der Waals surface area contributed by atoms with E-state index >= 15 is 0 Å². The second kappa shape index (κ2) is 8.55. The third-order valence-electron chi connectivity index (χ3n) is 5.20. The van der Waals surface area contributed by atoms with Crippen LogP contribution in [0.2, 0.25) is 0 Å². The van der Waals surface area contributed by atoms with E-state index in [1.807, 2.05) is 0 Å². The minimum absolute atomic E-state index is 0. The first kappa shape index (κ1) is 16.5. The Morgan fingerprint density at radius 2 is 1.10 bits per heavy atom. The molecule has 0 heterocycles. The first-order valence-corrected chi connectivity index (χ1v) is 10.0. The van der Waals surface area contributed by atoms with E-state index in [1.165, 1.54) is 64.2 Å². The predicted octanol–water partition coefficient (Wildman–Crippen LogP) is 5.19. The molecule has 2 heteroatoms. The van der Waals surface area contributed by atoms with Gasteiger partial charge in [-0.05, 0) is 63.5 Å². The third-order valence-corrected chi connectivity index (χ3v) is 9.11. The van der Waals surface area contributed by atoms with E-state index in [1.54, 1.807) is 5.30 Å². The summed E-state index contributed by atoms with van der Waals surface area (Å²) in [5.74, 6) is 0. The Morgan fingerprint density at radius 3 is 1.55 bits per heavy atom. The van der Waals surface area contributed by atoms with Gasteiger partial charge in [-0.2, -0.15) is 0 Å². The van der Waals surface area contributed by atoms with E-state index in [4.69, 9.17) is 0 Å². The quantitative estimate of drug-likeness (QED) is 0.527. The summed E-state index contributed by atoms with van der Waals surface area (Å²) in [4.78, 5) is 0. The van der Waals surface area contributed by atoms with Crippen molar-refractivity contribution in [3.63, 3.8) is 0 Å². The van der Waals surface area contributed by atoms with E-state index in [2.05, 4.69) is 30.3 Å². The zero-order chi connectivity index (χ0) is 12.9. The molecule has 0 N–H and O–H groups in total. The van der Waals surface area contributed by atoms with E-state index in [0.717, 1.165) is 11.3 Å². The zero-order valence-electron chi connectivity index (χ0n) is 12.4. The Bertz CT molecular complexity index is 348. The van der Waals surface area contributed by atoms with Crippen molar-refractivity contribution in [3.8, 4) is 0 Å². The molecule has 0 atom stereocenters. The van der Waals surface area contributed by atoms with Crippen molar-refractivity contribution in [1.82, 2.24) is 0 Å². The summed E-state index contributed by atoms with van der Waals surface area (Å²) in [7, 11) is -0.323. The Balaban J connectivity index is 0.00000147. The number of benzene rings is 1. The molecule has 114 valence electrons. The van der Waals surface area contributed by atoms with Crippen LogP contribution in [0.1, 0.15) is 64.2 Å². The van der Waals surface area contributed by atoms with Crippen LogP contribution in [0.5, 0.6) is 0 Å². The number of rotatable bonds is 3. The molecule has 0 amide bonds. The normalized spacial score (nSPS) is 21.6. The van der Waals surface area contributed by atoms with Gasteiger partial charge in [-0.3, -0.25) is 0 Å². The number of hydrogen-bond acceptors (Lipinski definition) is 0. The molecule has 0 spiro atoms. The molecule has 0 nitrogen and oxygen atoms in total. The predicted molar refractivity (Wildman–Crippen MR) is 88.1 cm³/mol. The number of hydrogen-bond donors (Lipinski definition) is 0. The fourth-order valence-corrected chi connectivity index (χ4v) is 8.51. The molecule has 1 aromatic carbocycles. The van der Waals surface area contributed by atoms with Gasteiger partial charge in [0.05, 0.1) is 16.6 Å². The van der Waals surface area contributed by atoms with Gasteiger partial charge in [0.1, 0.15) is 0 Å². The van der Waals surface area contributed by atoms with Crippen LogP contribution in [0.15, 0.2) is 30.3 Å². The molecular weight excluding hydrogens is 306 g/mol. The summed E-state index contributed by atoms with van der Waals surface area (Å²) in [5, 5.41) is 1.74. The minimum atomic E-state index is -0.323. The maximum atomic E-state index is 2.44. The van der Waals surface area contributed by atoms with E-state index in [0.29, 0.717) is 0 Å². The van der Waals surface area contributed by atoms with Gasteiger partial charge in [0.2, 0.25) is 0 Å². The molecular formula is C18H28NiP+. The Morgan fingerprint density at radius 1 is 0.650 bits per heavy atom. The summed E-state index contributed by atoms with van der Waals surface area (Å²) in [6.07, 6.45) is 15.1. The molecule has 2 fully saturated rings. The van der Waals surface area contributed by atoms with Crippen molar-refractivity contribution in [1.29, 1.82) is 0 Å². The Labute approximate surface area is 135 Å². The van der Waals surface area contributed by atoms with Crippen molar-refractivity contribution in [2.75, 3.05) is 0 Å². The molecule has 0 saturated heterocycles. The molecule has 2 saturated carbocycles. The Hall–Kier alpha value is 0.144. The maximum Gasteiger partial charge on any atom is 0.0920 e. The van der Waals surface area contributed by atoms with Crippen molar-refractivity contribution in [2.45, 2.75) is 75.5 Å². The van der Waals surface area contributed by atoms with Gasteiger partial charge in [-0.1, -0.05) is 31.0 Å². The molecule has 0 unspecified atom stereocenters. The van der Waals surface area contributed by atoms with Crippen molar-refractivity contribution in [3.05, 3.63) is 30.3 Å². The minimum Gasteiger partial charge on any atom is -0.0620 e. The van der Waals surface area contributed by atoms with Gasteiger partial charge in [-0.25, -0.2) is 0 Å². The van der Waals surface area contributed by atoms with Gasteiger partial charge < -0.3 is 0 Å². The molecule has 20 heavy (non-hydrogen) atoms. The first-order valence-electron chi connectivity index (χ1n) is 8.37. The van der Waals surface area contributed by atoms with Crippen LogP contribution in [0.25, 0.3) is 0 Å². The smallest absolute Gasteiger partial charge is 0.0620 e. The molecule has 2 aliphatic rings. The summed E-state index contributed by atoms with van der Waals surface area (Å²) in [6.45, 7) is 0. The topological polar surface area (TPSA) is 0 Å². The third kappa shape index (κ3) is 4.08. The van der Waals surface area contributed by atoms with Crippen molar-refractivity contribution < 1.29 is 16.5 Å². The van der Waals surface area contributed by atoms with Crippen LogP contribution in [0, 0.1) is 0 Å². The fourth-order valence-electron chi connectivity index (χ4n) is 4.26. The van der Waals surface area contributed by atoms with Gasteiger partial charge in [-0.15, -0.1) is 0 Å². The van der Waals surface area contributed by atoms with Gasteiger partial charge in [0.15, 0.2) is 0 Å². The molecule has 1 aromatic rings. The molecule has 0 aromatic heterocycles. The van der Waals surface area contributed by atoms with Gasteiger partial charge in [0, 0.05) is 24.4 Å².